The lowest BCUT2D eigenvalue weighted by Crippen LogP contribution is -2.56. The SMILES string of the molecule is O=C(N[C@@]1(c2ccccc2)CCC[C@@H]1N1CCCC1)c1c(I)ccnc1Cl.O=C(O)/C=C/C(=O)O. The second-order valence-electron chi connectivity index (χ2n) is 8.41. The molecule has 2 fully saturated rings. The monoisotopic (exact) mass is 611 g/mol. The first-order chi connectivity index (χ1) is 16.7. The largest absolute Gasteiger partial charge is 0.478 e. The Hall–Kier alpha value is -2.50. The van der Waals surface area contributed by atoms with Gasteiger partial charge in [0.05, 0.1) is 11.1 Å². The zero-order valence-corrected chi connectivity index (χ0v) is 21.9. The molecule has 3 N–H and O–H groups in total. The maximum atomic E-state index is 13.3. The number of nitrogens with zero attached hydrogens (tertiary/aromatic N) is 2. The summed E-state index contributed by atoms with van der Waals surface area (Å²) in [5, 5.41) is 19.3. The van der Waals surface area contributed by atoms with E-state index in [1.165, 1.54) is 18.4 Å². The molecule has 2 aliphatic rings. The van der Waals surface area contributed by atoms with Gasteiger partial charge in [-0.25, -0.2) is 14.6 Å². The van der Waals surface area contributed by atoms with Gasteiger partial charge in [-0.1, -0.05) is 41.9 Å². The number of benzene rings is 1. The van der Waals surface area contributed by atoms with Gasteiger partial charge in [0.2, 0.25) is 0 Å². The predicted octanol–water partition coefficient (Wildman–Crippen LogP) is 4.33. The Labute approximate surface area is 222 Å². The average Bonchev–Trinajstić information content (AvgIpc) is 3.49. The number of hydrogen-bond acceptors (Lipinski definition) is 5. The molecule has 0 radical (unpaired) electrons. The van der Waals surface area contributed by atoms with E-state index in [-0.39, 0.29) is 16.6 Å². The normalized spacial score (nSPS) is 21.9. The van der Waals surface area contributed by atoms with Gasteiger partial charge in [0.25, 0.3) is 5.91 Å². The summed E-state index contributed by atoms with van der Waals surface area (Å²) in [4.78, 5) is 39.1. The first-order valence-electron chi connectivity index (χ1n) is 11.3. The fraction of sp³-hybridized carbons (Fsp3) is 0.360. The van der Waals surface area contributed by atoms with Gasteiger partial charge >= 0.3 is 11.9 Å². The predicted molar refractivity (Wildman–Crippen MR) is 140 cm³/mol. The number of carbonyl (C=O) groups excluding carboxylic acids is 1. The summed E-state index contributed by atoms with van der Waals surface area (Å²) in [6, 6.07) is 12.6. The van der Waals surface area contributed by atoms with Crippen LogP contribution < -0.4 is 5.32 Å². The fourth-order valence-electron chi connectivity index (χ4n) is 4.85. The van der Waals surface area contributed by atoms with Gasteiger partial charge < -0.3 is 15.5 Å². The van der Waals surface area contributed by atoms with Crippen molar-refractivity contribution < 1.29 is 24.6 Å². The molecule has 1 aliphatic carbocycles. The maximum absolute atomic E-state index is 13.3. The number of aliphatic carboxylic acids is 2. The summed E-state index contributed by atoms with van der Waals surface area (Å²) in [5.41, 5.74) is 1.27. The summed E-state index contributed by atoms with van der Waals surface area (Å²) in [6.07, 6.45) is 8.38. The number of likely N-dealkylation sites (tertiary alicyclic amines) is 1. The van der Waals surface area contributed by atoms with E-state index in [0.29, 0.717) is 23.8 Å². The minimum atomic E-state index is -1.26. The highest BCUT2D eigenvalue weighted by Gasteiger charge is 2.48. The minimum Gasteiger partial charge on any atom is -0.478 e. The average molecular weight is 612 g/mol. The van der Waals surface area contributed by atoms with E-state index in [9.17, 15) is 14.4 Å². The van der Waals surface area contributed by atoms with Gasteiger partial charge in [-0.3, -0.25) is 9.69 Å². The van der Waals surface area contributed by atoms with E-state index in [2.05, 4.69) is 62.1 Å². The van der Waals surface area contributed by atoms with E-state index in [4.69, 9.17) is 21.8 Å². The quantitative estimate of drug-likeness (QED) is 0.253. The third-order valence-corrected chi connectivity index (χ3v) is 7.46. The van der Waals surface area contributed by atoms with Crippen LogP contribution in [-0.2, 0) is 15.1 Å². The van der Waals surface area contributed by atoms with E-state index in [0.717, 1.165) is 35.9 Å². The molecular formula is C25H27ClIN3O5. The molecule has 1 aromatic heterocycles. The van der Waals surface area contributed by atoms with Gasteiger partial charge in [0, 0.05) is 28.0 Å². The van der Waals surface area contributed by atoms with Crippen molar-refractivity contribution in [1.29, 1.82) is 0 Å². The fourth-order valence-corrected chi connectivity index (χ4v) is 5.91. The van der Waals surface area contributed by atoms with Gasteiger partial charge in [0.1, 0.15) is 5.15 Å². The number of carboxylic acids is 2. The van der Waals surface area contributed by atoms with Crippen LogP contribution in [0.2, 0.25) is 5.15 Å². The first kappa shape index (κ1) is 27.1. The topological polar surface area (TPSA) is 120 Å². The Kier molecular flexibility index (Phi) is 9.64. The number of rotatable bonds is 6. The molecule has 0 bridgehead atoms. The van der Waals surface area contributed by atoms with E-state index in [1.807, 2.05) is 12.1 Å². The number of carbonyl (C=O) groups is 3. The molecule has 2 atom stereocenters. The van der Waals surface area contributed by atoms with Crippen molar-refractivity contribution in [2.45, 2.75) is 43.7 Å². The van der Waals surface area contributed by atoms with Gasteiger partial charge in [0.15, 0.2) is 0 Å². The Morgan fingerprint density at radius 3 is 2.26 bits per heavy atom. The molecular weight excluding hydrogens is 585 g/mol. The van der Waals surface area contributed by atoms with Crippen LogP contribution in [0.1, 0.15) is 48.0 Å². The summed E-state index contributed by atoms with van der Waals surface area (Å²) in [7, 11) is 0. The first-order valence-corrected chi connectivity index (χ1v) is 12.8. The minimum absolute atomic E-state index is 0.132. The zero-order valence-electron chi connectivity index (χ0n) is 19.0. The number of halogens is 2. The second-order valence-corrected chi connectivity index (χ2v) is 9.93. The Bertz CT molecular complexity index is 1060. The number of hydrogen-bond donors (Lipinski definition) is 3. The third kappa shape index (κ3) is 6.80. The van der Waals surface area contributed by atoms with Gasteiger partial charge in [-0.2, -0.15) is 0 Å². The van der Waals surface area contributed by atoms with E-state index in [1.54, 1.807) is 6.20 Å². The van der Waals surface area contributed by atoms with E-state index < -0.39 is 11.9 Å². The lowest BCUT2D eigenvalue weighted by Gasteiger charge is -2.41. The van der Waals surface area contributed by atoms with Crippen molar-refractivity contribution in [3.63, 3.8) is 0 Å². The van der Waals surface area contributed by atoms with Crippen LogP contribution in [-0.4, -0.2) is 57.1 Å². The van der Waals surface area contributed by atoms with Crippen molar-refractivity contribution in [3.05, 3.63) is 74.6 Å². The van der Waals surface area contributed by atoms with Crippen molar-refractivity contribution in [2.75, 3.05) is 13.1 Å². The van der Waals surface area contributed by atoms with Crippen LogP contribution in [0.15, 0.2) is 54.7 Å². The zero-order chi connectivity index (χ0) is 25.4. The number of aromatic nitrogens is 1. The van der Waals surface area contributed by atoms with Crippen LogP contribution in [0.3, 0.4) is 0 Å². The molecule has 186 valence electrons. The molecule has 1 aromatic carbocycles. The number of carboxylic acid groups (broad SMARTS) is 2. The van der Waals surface area contributed by atoms with Crippen molar-refractivity contribution in [2.24, 2.45) is 0 Å². The number of pyridine rings is 1. The lowest BCUT2D eigenvalue weighted by atomic mass is 9.83. The van der Waals surface area contributed by atoms with Crippen molar-refractivity contribution in [3.8, 4) is 0 Å². The highest BCUT2D eigenvalue weighted by molar-refractivity contribution is 14.1. The molecule has 8 nitrogen and oxygen atoms in total. The molecule has 1 saturated carbocycles. The molecule has 1 saturated heterocycles. The van der Waals surface area contributed by atoms with Gasteiger partial charge in [-0.05, 0) is 79.4 Å². The molecule has 10 heteroatoms. The highest BCUT2D eigenvalue weighted by atomic mass is 127. The number of nitrogens with one attached hydrogen (secondary N) is 1. The lowest BCUT2D eigenvalue weighted by molar-refractivity contribution is -0.134. The Morgan fingerprint density at radius 2 is 1.69 bits per heavy atom. The molecule has 4 rings (SSSR count). The van der Waals surface area contributed by atoms with Crippen molar-refractivity contribution in [1.82, 2.24) is 15.2 Å². The third-order valence-electron chi connectivity index (χ3n) is 6.27. The van der Waals surface area contributed by atoms with Crippen LogP contribution >= 0.6 is 34.2 Å². The summed E-state index contributed by atoms with van der Waals surface area (Å²) in [6.45, 7) is 2.22. The molecule has 1 amide bonds. The molecule has 35 heavy (non-hydrogen) atoms. The summed E-state index contributed by atoms with van der Waals surface area (Å²) in [5.74, 6) is -2.65. The highest BCUT2D eigenvalue weighted by Crippen LogP contribution is 2.43. The van der Waals surface area contributed by atoms with Gasteiger partial charge in [-0.15, -0.1) is 0 Å². The van der Waals surface area contributed by atoms with Crippen LogP contribution in [0, 0.1) is 3.57 Å². The van der Waals surface area contributed by atoms with Crippen LogP contribution in [0.25, 0.3) is 0 Å². The molecule has 0 unspecified atom stereocenters. The summed E-state index contributed by atoms with van der Waals surface area (Å²) >= 11 is 8.43. The molecule has 0 spiro atoms. The Balaban J connectivity index is 0.000000371. The molecule has 2 heterocycles. The smallest absolute Gasteiger partial charge is 0.328 e. The van der Waals surface area contributed by atoms with Crippen LogP contribution in [0.5, 0.6) is 0 Å². The Morgan fingerprint density at radius 1 is 1.06 bits per heavy atom. The molecule has 2 aromatic rings. The second kappa shape index (κ2) is 12.5. The standard InChI is InChI=1S/C21H23ClIN3O.C4H4O4/c22-19-18(16(23)10-12-24-19)20(27)25-21(15-7-2-1-3-8-15)11-6-9-17(21)26-13-4-5-14-26;5-3(6)1-2-4(7)8/h1-3,7-8,10,12,17H,4-6,9,11,13-14H2,(H,25,27);1-2H,(H,5,6)(H,7,8)/b;2-1+/t17-,21+;/m0./s1. The molecule has 1 aliphatic heterocycles. The summed E-state index contributed by atoms with van der Waals surface area (Å²) < 4.78 is 0.823. The number of amides is 1. The maximum Gasteiger partial charge on any atom is 0.328 e. The van der Waals surface area contributed by atoms with E-state index >= 15 is 0 Å². The van der Waals surface area contributed by atoms with Crippen LogP contribution in [0.4, 0.5) is 0 Å². The van der Waals surface area contributed by atoms with Crippen molar-refractivity contribution >= 4 is 52.0 Å².